The van der Waals surface area contributed by atoms with Gasteiger partial charge in [0.05, 0.1) is 5.56 Å². The first kappa shape index (κ1) is 46.6. The molecule has 7 rings (SSSR count). The molecule has 0 aliphatic carbocycles. The number of halogens is 2. The lowest BCUT2D eigenvalue weighted by Gasteiger charge is -2.27. The maximum absolute atomic E-state index is 14.9. The summed E-state index contributed by atoms with van der Waals surface area (Å²) in [6.07, 6.45) is 3.06. The monoisotopic (exact) mass is 858 g/mol. The molecule has 324 valence electrons. The number of carbonyl (C=O) groups excluding carboxylic acids is 4. The standard InChI is InChI=1S/C24H26ClN3O2.C24H24FN3O2.C2H6/c1-5-28(6-2)24(30)19-13-14-21(18-11-8-12-20(25)22(18)19)26-17-10-7-9-16(15-17)23(29)27(3)4;1-15-16(23(26)29)7-6-10-20(15)27-21-12-11-18(22-17(21)8-5-9-19(22)25)24(30)28-13-3-2-4-14-28;1-2/h7-15,26H,5-6H2,1-4H3;5-12,27H,2-4,13-14H2,1H3,(H2,26,29);1-2H3. The molecule has 1 aliphatic rings. The Balaban J connectivity index is 0.000000225. The van der Waals surface area contributed by atoms with Gasteiger partial charge in [0.2, 0.25) is 5.91 Å². The van der Waals surface area contributed by atoms with Crippen molar-refractivity contribution in [2.45, 2.75) is 53.9 Å². The summed E-state index contributed by atoms with van der Waals surface area (Å²) in [5, 5.41) is 9.69. The van der Waals surface area contributed by atoms with Gasteiger partial charge in [0.15, 0.2) is 0 Å². The number of primary amides is 1. The lowest BCUT2D eigenvalue weighted by molar-refractivity contribution is 0.0724. The molecular weight excluding hydrogens is 803 g/mol. The van der Waals surface area contributed by atoms with Crippen molar-refractivity contribution in [2.75, 3.05) is 50.9 Å². The molecule has 6 aromatic carbocycles. The van der Waals surface area contributed by atoms with Gasteiger partial charge in [0.1, 0.15) is 5.82 Å². The number of piperidine rings is 1. The molecule has 1 aliphatic heterocycles. The van der Waals surface area contributed by atoms with Crippen molar-refractivity contribution in [3.63, 3.8) is 0 Å². The highest BCUT2D eigenvalue weighted by Gasteiger charge is 2.23. The average Bonchev–Trinajstić information content (AvgIpc) is 3.28. The molecule has 0 saturated carbocycles. The number of nitrogens with one attached hydrogen (secondary N) is 2. The van der Waals surface area contributed by atoms with E-state index in [0.29, 0.717) is 81.2 Å². The summed E-state index contributed by atoms with van der Waals surface area (Å²) >= 11 is 6.53. The molecule has 0 aromatic heterocycles. The highest BCUT2D eigenvalue weighted by molar-refractivity contribution is 6.37. The van der Waals surface area contributed by atoms with E-state index in [1.165, 1.54) is 6.07 Å². The molecule has 1 heterocycles. The van der Waals surface area contributed by atoms with Crippen molar-refractivity contribution in [3.05, 3.63) is 142 Å². The van der Waals surface area contributed by atoms with Crippen LogP contribution < -0.4 is 16.4 Å². The van der Waals surface area contributed by atoms with Crippen LogP contribution in [-0.2, 0) is 0 Å². The zero-order valence-corrected chi connectivity index (χ0v) is 37.3. The Morgan fingerprint density at radius 3 is 1.94 bits per heavy atom. The van der Waals surface area contributed by atoms with Crippen LogP contribution in [0.5, 0.6) is 0 Å². The summed E-state index contributed by atoms with van der Waals surface area (Å²) in [6, 6.07) is 30.1. The number of fused-ring (bicyclic) bond motifs is 2. The molecule has 62 heavy (non-hydrogen) atoms. The third-order valence-electron chi connectivity index (χ3n) is 10.8. The Bertz CT molecular complexity index is 2590. The largest absolute Gasteiger partial charge is 0.366 e. The van der Waals surface area contributed by atoms with Crippen molar-refractivity contribution < 1.29 is 23.6 Å². The predicted molar refractivity (Wildman–Crippen MR) is 252 cm³/mol. The Labute approximate surface area is 368 Å². The van der Waals surface area contributed by atoms with E-state index in [1.54, 1.807) is 84.2 Å². The van der Waals surface area contributed by atoms with E-state index in [1.807, 2.05) is 76.2 Å². The Morgan fingerprint density at radius 2 is 1.29 bits per heavy atom. The number of amides is 4. The maximum Gasteiger partial charge on any atom is 0.254 e. The lowest BCUT2D eigenvalue weighted by Crippen LogP contribution is -2.35. The number of hydrogen-bond donors (Lipinski definition) is 3. The minimum Gasteiger partial charge on any atom is -0.366 e. The number of carbonyl (C=O) groups is 4. The zero-order valence-electron chi connectivity index (χ0n) is 36.6. The van der Waals surface area contributed by atoms with E-state index >= 15 is 0 Å². The van der Waals surface area contributed by atoms with Gasteiger partial charge in [-0.3, -0.25) is 19.2 Å². The number of benzene rings is 6. The van der Waals surface area contributed by atoms with Gasteiger partial charge in [-0.15, -0.1) is 0 Å². The van der Waals surface area contributed by atoms with E-state index in [2.05, 4.69) is 10.6 Å². The first-order chi connectivity index (χ1) is 29.8. The van der Waals surface area contributed by atoms with Crippen LogP contribution in [-0.4, -0.2) is 78.6 Å². The second-order valence-electron chi connectivity index (χ2n) is 14.8. The molecule has 0 atom stereocenters. The van der Waals surface area contributed by atoms with Gasteiger partial charge in [-0.2, -0.15) is 0 Å². The molecular formula is C50H56ClFN6O4. The van der Waals surface area contributed by atoms with Crippen LogP contribution in [0.3, 0.4) is 0 Å². The van der Waals surface area contributed by atoms with E-state index in [-0.39, 0.29) is 17.7 Å². The van der Waals surface area contributed by atoms with Crippen molar-refractivity contribution in [1.82, 2.24) is 14.7 Å². The molecule has 4 N–H and O–H groups in total. The van der Waals surface area contributed by atoms with Crippen LogP contribution >= 0.6 is 11.6 Å². The average molecular weight is 859 g/mol. The third-order valence-corrected chi connectivity index (χ3v) is 11.1. The second kappa shape index (κ2) is 21.4. The number of nitrogens with two attached hydrogens (primary N) is 1. The summed E-state index contributed by atoms with van der Waals surface area (Å²) in [5.74, 6) is -1.17. The van der Waals surface area contributed by atoms with Gasteiger partial charge in [-0.05, 0) is 112 Å². The first-order valence-corrected chi connectivity index (χ1v) is 21.5. The summed E-state index contributed by atoms with van der Waals surface area (Å²) in [5.41, 5.74) is 11.1. The topological polar surface area (TPSA) is 128 Å². The summed E-state index contributed by atoms with van der Waals surface area (Å²) < 4.78 is 14.9. The van der Waals surface area contributed by atoms with Gasteiger partial charge in [0.25, 0.3) is 17.7 Å². The number of likely N-dealkylation sites (tertiary alicyclic amines) is 1. The first-order valence-electron chi connectivity index (χ1n) is 21.1. The van der Waals surface area contributed by atoms with Crippen LogP contribution in [0.1, 0.15) is 94.0 Å². The molecule has 1 saturated heterocycles. The molecule has 0 spiro atoms. The Morgan fingerprint density at radius 1 is 0.694 bits per heavy atom. The van der Waals surface area contributed by atoms with Crippen LogP contribution in [0.25, 0.3) is 21.5 Å². The van der Waals surface area contributed by atoms with Gasteiger partial charge in [-0.1, -0.05) is 61.8 Å². The van der Waals surface area contributed by atoms with Crippen LogP contribution in [0.4, 0.5) is 27.1 Å². The quantitative estimate of drug-likeness (QED) is 0.126. The lowest BCUT2D eigenvalue weighted by atomic mass is 9.99. The van der Waals surface area contributed by atoms with Crippen molar-refractivity contribution in [2.24, 2.45) is 5.73 Å². The Kier molecular flexibility index (Phi) is 16.1. The van der Waals surface area contributed by atoms with Gasteiger partial charge < -0.3 is 31.1 Å². The fourth-order valence-corrected chi connectivity index (χ4v) is 7.85. The maximum atomic E-state index is 14.9. The second-order valence-corrected chi connectivity index (χ2v) is 15.3. The SMILES string of the molecule is CC.CCN(CC)C(=O)c1ccc(Nc2cccc(C(=O)N(C)C)c2)c2cccc(Cl)c12.Cc1c(Nc2ccc(C(=O)N3CCCCC3)c3c(F)cccc23)cccc1C(N)=O. The summed E-state index contributed by atoms with van der Waals surface area (Å²) in [6.45, 7) is 12.4. The normalized spacial score (nSPS) is 12.0. The van der Waals surface area contributed by atoms with Crippen LogP contribution in [0, 0.1) is 12.7 Å². The summed E-state index contributed by atoms with van der Waals surface area (Å²) in [4.78, 5) is 55.2. The number of rotatable bonds is 10. The molecule has 1 fully saturated rings. The van der Waals surface area contributed by atoms with Crippen molar-refractivity contribution in [3.8, 4) is 0 Å². The molecule has 0 radical (unpaired) electrons. The number of nitrogens with zero attached hydrogens (tertiary/aromatic N) is 3. The molecule has 4 amide bonds. The number of anilines is 4. The van der Waals surface area contributed by atoms with E-state index in [4.69, 9.17) is 17.3 Å². The van der Waals surface area contributed by atoms with Crippen molar-refractivity contribution in [1.29, 1.82) is 0 Å². The smallest absolute Gasteiger partial charge is 0.254 e. The van der Waals surface area contributed by atoms with Gasteiger partial charge in [-0.25, -0.2) is 4.39 Å². The van der Waals surface area contributed by atoms with E-state index in [0.717, 1.165) is 41.4 Å². The minimum atomic E-state index is -0.505. The molecule has 6 aromatic rings. The minimum absolute atomic E-state index is 0.0387. The fraction of sp³-hybridized carbons (Fsp3) is 0.280. The molecule has 10 nitrogen and oxygen atoms in total. The van der Waals surface area contributed by atoms with E-state index < -0.39 is 11.7 Å². The third kappa shape index (κ3) is 10.3. The van der Waals surface area contributed by atoms with Gasteiger partial charge >= 0.3 is 0 Å². The van der Waals surface area contributed by atoms with E-state index in [9.17, 15) is 23.6 Å². The Hall–Kier alpha value is -6.46. The van der Waals surface area contributed by atoms with Crippen molar-refractivity contribution >= 4 is 79.5 Å². The molecule has 12 heteroatoms. The summed E-state index contributed by atoms with van der Waals surface area (Å²) in [7, 11) is 3.45. The zero-order chi connectivity index (χ0) is 45.1. The number of hydrogen-bond acceptors (Lipinski definition) is 6. The molecule has 0 unspecified atom stereocenters. The fourth-order valence-electron chi connectivity index (χ4n) is 7.57. The van der Waals surface area contributed by atoms with Gasteiger partial charge in [0, 0.05) is 106 Å². The van der Waals surface area contributed by atoms with Crippen LogP contribution in [0.2, 0.25) is 5.02 Å². The van der Waals surface area contributed by atoms with Crippen LogP contribution in [0.15, 0.2) is 103 Å². The highest BCUT2D eigenvalue weighted by atomic mass is 35.5. The molecule has 0 bridgehead atoms. The highest BCUT2D eigenvalue weighted by Crippen LogP contribution is 2.36. The predicted octanol–water partition coefficient (Wildman–Crippen LogP) is 11.2.